The average Bonchev–Trinajstić information content (AvgIpc) is 3.08. The number of hydrogen-bond donors (Lipinski definition) is 0. The minimum absolute atomic E-state index is 0.294. The van der Waals surface area contributed by atoms with E-state index in [1.165, 1.54) is 23.5 Å². The van der Waals surface area contributed by atoms with Gasteiger partial charge in [0.15, 0.2) is 0 Å². The molecular weight excluding hydrogens is 357 g/mol. The quantitative estimate of drug-likeness (QED) is 0.436. The Kier molecular flexibility index (Phi) is 5.50. The molecule has 0 spiro atoms. The van der Waals surface area contributed by atoms with E-state index in [0.29, 0.717) is 17.3 Å². The van der Waals surface area contributed by atoms with E-state index in [2.05, 4.69) is 4.98 Å². The molecule has 25 heavy (non-hydrogen) atoms. The molecule has 0 unspecified atom stereocenters. The molecule has 0 aliphatic carbocycles. The van der Waals surface area contributed by atoms with Crippen molar-refractivity contribution in [1.82, 2.24) is 4.98 Å². The first-order valence-electron chi connectivity index (χ1n) is 7.70. The van der Waals surface area contributed by atoms with Crippen LogP contribution in [0.2, 0.25) is 0 Å². The molecule has 0 bridgehead atoms. The first-order valence-corrected chi connectivity index (χ1v) is 9.74. The van der Waals surface area contributed by atoms with Gasteiger partial charge in [-0.3, -0.25) is 0 Å². The molecule has 3 nitrogen and oxygen atoms in total. The molecule has 2 aromatic carbocycles. The average molecular weight is 373 g/mol. The molecule has 1 heterocycles. The number of esters is 1. The predicted molar refractivity (Wildman–Crippen MR) is 101 cm³/mol. The molecule has 3 rings (SSSR count). The van der Waals surface area contributed by atoms with Gasteiger partial charge in [0, 0.05) is 10.5 Å². The Morgan fingerprint density at radius 3 is 2.36 bits per heavy atom. The zero-order valence-electron chi connectivity index (χ0n) is 13.8. The Morgan fingerprint density at radius 2 is 1.76 bits per heavy atom. The molecule has 0 aliphatic rings. The number of nitrogens with zero attached hydrogens (tertiary/aromatic N) is 1. The van der Waals surface area contributed by atoms with Crippen LogP contribution in [0.1, 0.15) is 16.7 Å². The van der Waals surface area contributed by atoms with Crippen LogP contribution in [0, 0.1) is 5.82 Å². The van der Waals surface area contributed by atoms with Crippen LogP contribution >= 0.6 is 23.1 Å². The number of thioether (sulfide) groups is 1. The van der Waals surface area contributed by atoms with Crippen LogP contribution in [0.4, 0.5) is 4.39 Å². The molecule has 6 heteroatoms. The second-order valence-electron chi connectivity index (χ2n) is 5.15. The number of halogens is 1. The normalized spacial score (nSPS) is 10.7. The summed E-state index contributed by atoms with van der Waals surface area (Å²) in [6, 6.07) is 14.2. The number of aromatic nitrogens is 1. The number of rotatable bonds is 5. The van der Waals surface area contributed by atoms with E-state index < -0.39 is 5.97 Å². The number of benzene rings is 2. The summed E-state index contributed by atoms with van der Waals surface area (Å²) in [6.45, 7) is 2.05. The molecule has 0 aliphatic heterocycles. The van der Waals surface area contributed by atoms with Crippen molar-refractivity contribution in [3.63, 3.8) is 0 Å². The maximum Gasteiger partial charge on any atom is 0.367 e. The highest BCUT2D eigenvalue weighted by Crippen LogP contribution is 2.37. The van der Waals surface area contributed by atoms with E-state index in [4.69, 9.17) is 4.74 Å². The highest BCUT2D eigenvalue weighted by atomic mass is 32.2. The van der Waals surface area contributed by atoms with Crippen LogP contribution in [0.25, 0.3) is 21.7 Å². The van der Waals surface area contributed by atoms with E-state index in [9.17, 15) is 9.18 Å². The summed E-state index contributed by atoms with van der Waals surface area (Å²) in [6.07, 6.45) is 2.02. The third-order valence-corrected chi connectivity index (χ3v) is 5.38. The van der Waals surface area contributed by atoms with Crippen LogP contribution in [-0.2, 0) is 4.74 Å². The fourth-order valence-electron chi connectivity index (χ4n) is 2.34. The van der Waals surface area contributed by atoms with Crippen LogP contribution < -0.4 is 0 Å². The molecular formula is C19H16FNO2S2. The Balaban J connectivity index is 2.10. The largest absolute Gasteiger partial charge is 0.461 e. The van der Waals surface area contributed by atoms with Gasteiger partial charge in [0.1, 0.15) is 5.82 Å². The summed E-state index contributed by atoms with van der Waals surface area (Å²) in [7, 11) is 0. The minimum Gasteiger partial charge on any atom is -0.461 e. The lowest BCUT2D eigenvalue weighted by Gasteiger charge is -2.04. The minimum atomic E-state index is -0.442. The predicted octanol–water partition coefficient (Wildman–Crippen LogP) is 5.51. The van der Waals surface area contributed by atoms with Crippen LogP contribution in [0.15, 0.2) is 53.4 Å². The molecule has 0 saturated carbocycles. The molecule has 128 valence electrons. The van der Waals surface area contributed by atoms with E-state index in [0.717, 1.165) is 20.9 Å². The van der Waals surface area contributed by atoms with E-state index in [-0.39, 0.29) is 5.82 Å². The summed E-state index contributed by atoms with van der Waals surface area (Å²) in [5.41, 5.74) is 2.38. The first kappa shape index (κ1) is 17.6. The fourth-order valence-corrected chi connectivity index (χ4v) is 3.74. The molecule has 0 amide bonds. The smallest absolute Gasteiger partial charge is 0.367 e. The summed E-state index contributed by atoms with van der Waals surface area (Å²) in [5.74, 6) is -0.752. The van der Waals surface area contributed by atoms with Crippen LogP contribution in [-0.4, -0.2) is 23.8 Å². The van der Waals surface area contributed by atoms with Crippen molar-refractivity contribution in [1.29, 1.82) is 0 Å². The van der Waals surface area contributed by atoms with E-state index in [1.54, 1.807) is 30.8 Å². The van der Waals surface area contributed by atoms with Gasteiger partial charge in [-0.1, -0.05) is 12.1 Å². The molecule has 0 radical (unpaired) electrons. The van der Waals surface area contributed by atoms with Gasteiger partial charge in [-0.25, -0.2) is 14.2 Å². The Labute approximate surface area is 153 Å². The van der Waals surface area contributed by atoms with Gasteiger partial charge in [-0.15, -0.1) is 23.1 Å². The summed E-state index contributed by atoms with van der Waals surface area (Å²) in [4.78, 5) is 18.6. The third-order valence-electron chi connectivity index (χ3n) is 3.55. The van der Waals surface area contributed by atoms with Gasteiger partial charge < -0.3 is 4.74 Å². The zero-order valence-corrected chi connectivity index (χ0v) is 15.4. The summed E-state index contributed by atoms with van der Waals surface area (Å²) < 4.78 is 18.3. The highest BCUT2D eigenvalue weighted by Gasteiger charge is 2.20. The number of thiazole rings is 1. The molecule has 0 fully saturated rings. The van der Waals surface area contributed by atoms with Gasteiger partial charge in [0.05, 0.1) is 17.2 Å². The molecule has 0 saturated heterocycles. The topological polar surface area (TPSA) is 39.2 Å². The third kappa shape index (κ3) is 3.91. The van der Waals surface area contributed by atoms with Gasteiger partial charge in [0.25, 0.3) is 0 Å². The summed E-state index contributed by atoms with van der Waals surface area (Å²) in [5, 5.41) is 0.296. The Hall–Kier alpha value is -2.18. The maximum atomic E-state index is 13.2. The standard InChI is InChI=1S/C19H16FNO2S2/c1-3-23-19(22)18-21-16(12-4-8-14(20)9-5-12)17(25-18)13-6-10-15(24-2)11-7-13/h4-11H,3H2,1-2H3. The second kappa shape index (κ2) is 7.80. The van der Waals surface area contributed by atoms with Crippen molar-refractivity contribution in [3.05, 3.63) is 59.4 Å². The fraction of sp³-hybridized carbons (Fsp3) is 0.158. The van der Waals surface area contributed by atoms with Gasteiger partial charge >= 0.3 is 5.97 Å². The lowest BCUT2D eigenvalue weighted by molar-refractivity contribution is 0.0526. The zero-order chi connectivity index (χ0) is 17.8. The van der Waals surface area contributed by atoms with Gasteiger partial charge in [0.2, 0.25) is 5.01 Å². The maximum absolute atomic E-state index is 13.2. The Morgan fingerprint density at radius 1 is 1.12 bits per heavy atom. The Bertz CT molecular complexity index is 873. The monoisotopic (exact) mass is 373 g/mol. The highest BCUT2D eigenvalue weighted by molar-refractivity contribution is 7.98. The molecule has 0 N–H and O–H groups in total. The summed E-state index contributed by atoms with van der Waals surface area (Å²) >= 11 is 2.95. The van der Waals surface area contributed by atoms with Crippen molar-refractivity contribution in [2.24, 2.45) is 0 Å². The van der Waals surface area contributed by atoms with E-state index >= 15 is 0 Å². The van der Waals surface area contributed by atoms with Crippen molar-refractivity contribution in [3.8, 4) is 21.7 Å². The van der Waals surface area contributed by atoms with Crippen molar-refractivity contribution >= 4 is 29.1 Å². The van der Waals surface area contributed by atoms with Crippen LogP contribution in [0.3, 0.4) is 0 Å². The number of carbonyl (C=O) groups excluding carboxylic acids is 1. The number of carbonyl (C=O) groups is 1. The van der Waals surface area contributed by atoms with Crippen molar-refractivity contribution in [2.75, 3.05) is 12.9 Å². The SMILES string of the molecule is CCOC(=O)c1nc(-c2ccc(F)cc2)c(-c2ccc(SC)cc2)s1. The number of ether oxygens (including phenoxy) is 1. The molecule has 1 aromatic heterocycles. The second-order valence-corrected chi connectivity index (χ2v) is 7.03. The van der Waals surface area contributed by atoms with Gasteiger partial charge in [-0.2, -0.15) is 0 Å². The molecule has 0 atom stereocenters. The lowest BCUT2D eigenvalue weighted by atomic mass is 10.1. The molecule has 3 aromatic rings. The lowest BCUT2D eigenvalue weighted by Crippen LogP contribution is -2.03. The van der Waals surface area contributed by atoms with Crippen molar-refractivity contribution in [2.45, 2.75) is 11.8 Å². The van der Waals surface area contributed by atoms with Crippen LogP contribution in [0.5, 0.6) is 0 Å². The van der Waals surface area contributed by atoms with E-state index in [1.807, 2.05) is 30.5 Å². The first-order chi connectivity index (χ1) is 12.1. The number of hydrogen-bond acceptors (Lipinski definition) is 5. The van der Waals surface area contributed by atoms with Gasteiger partial charge in [-0.05, 0) is 55.1 Å². The van der Waals surface area contributed by atoms with Crippen molar-refractivity contribution < 1.29 is 13.9 Å².